The zero-order chi connectivity index (χ0) is 25.5. The van der Waals surface area contributed by atoms with Crippen LogP contribution in [0.4, 0.5) is 4.79 Å². The molecule has 186 valence electrons. The predicted octanol–water partition coefficient (Wildman–Crippen LogP) is 2.48. The number of carbonyl (C=O) groups is 4. The van der Waals surface area contributed by atoms with Gasteiger partial charge in [-0.3, -0.25) is 25.1 Å². The van der Waals surface area contributed by atoms with Gasteiger partial charge < -0.3 is 19.5 Å². The van der Waals surface area contributed by atoms with Gasteiger partial charge in [0, 0.05) is 36.6 Å². The van der Waals surface area contributed by atoms with Crippen LogP contribution in [0.5, 0.6) is 0 Å². The molecule has 1 fully saturated rings. The lowest BCUT2D eigenvalue weighted by atomic mass is 9.96. The number of nitrogens with zero attached hydrogens (tertiary/aromatic N) is 1. The van der Waals surface area contributed by atoms with Crippen LogP contribution in [-0.4, -0.2) is 65.6 Å². The molecular weight excluding hydrogens is 442 g/mol. The minimum atomic E-state index is -0.954. The van der Waals surface area contributed by atoms with Crippen molar-refractivity contribution in [1.29, 1.82) is 5.41 Å². The van der Waals surface area contributed by atoms with Crippen molar-refractivity contribution < 1.29 is 33.8 Å². The first-order valence-electron chi connectivity index (χ1n) is 11.2. The van der Waals surface area contributed by atoms with Gasteiger partial charge in [0.25, 0.3) is 0 Å². The molecule has 34 heavy (non-hydrogen) atoms. The number of amidine groups is 1. The summed E-state index contributed by atoms with van der Waals surface area (Å²) < 4.78 is 9.58. The van der Waals surface area contributed by atoms with Crippen LogP contribution >= 0.6 is 0 Å². The molecule has 10 heteroatoms. The molecule has 0 radical (unpaired) electrons. The Morgan fingerprint density at radius 3 is 2.21 bits per heavy atom. The SMILES string of the molecule is CC(CC(=O)c1ccc(C(=N)NC(=O)OCOC(=O)C(C)(C)C)cc1)C(=O)N1CCC(O)CC1. The fraction of sp³-hybridized carbons (Fsp3) is 0.542. The number of benzene rings is 1. The molecule has 2 amide bonds. The van der Waals surface area contributed by atoms with Gasteiger partial charge in [-0.25, -0.2) is 4.79 Å². The maximum absolute atomic E-state index is 12.6. The number of esters is 1. The van der Waals surface area contributed by atoms with Crippen LogP contribution in [0.2, 0.25) is 0 Å². The van der Waals surface area contributed by atoms with Gasteiger partial charge in [0.2, 0.25) is 12.7 Å². The Morgan fingerprint density at radius 2 is 1.65 bits per heavy atom. The van der Waals surface area contributed by atoms with E-state index in [0.717, 1.165) is 0 Å². The van der Waals surface area contributed by atoms with Crippen LogP contribution in [0.15, 0.2) is 24.3 Å². The number of alkyl carbamates (subject to hydrolysis) is 1. The molecule has 10 nitrogen and oxygen atoms in total. The highest BCUT2D eigenvalue weighted by Gasteiger charge is 2.27. The molecule has 1 aliphatic rings. The second kappa shape index (κ2) is 11.7. The van der Waals surface area contributed by atoms with E-state index >= 15 is 0 Å². The normalized spacial score (nSPS) is 15.3. The molecule has 0 saturated carbocycles. The van der Waals surface area contributed by atoms with E-state index in [1.165, 1.54) is 24.3 Å². The number of rotatable bonds is 7. The third-order valence-electron chi connectivity index (χ3n) is 5.40. The van der Waals surface area contributed by atoms with Crippen molar-refractivity contribution in [3.05, 3.63) is 35.4 Å². The van der Waals surface area contributed by atoms with E-state index < -0.39 is 30.2 Å². The molecule has 0 spiro atoms. The molecule has 1 aromatic rings. The average molecular weight is 476 g/mol. The minimum absolute atomic E-state index is 0.0482. The predicted molar refractivity (Wildman–Crippen MR) is 123 cm³/mol. The van der Waals surface area contributed by atoms with Crippen LogP contribution in [0.1, 0.15) is 62.9 Å². The number of aliphatic hydroxyl groups is 1. The Kier molecular flexibility index (Phi) is 9.31. The van der Waals surface area contributed by atoms with Crippen LogP contribution in [0.3, 0.4) is 0 Å². The van der Waals surface area contributed by atoms with Crippen molar-refractivity contribution in [2.75, 3.05) is 19.9 Å². The van der Waals surface area contributed by atoms with Gasteiger partial charge in [-0.15, -0.1) is 0 Å². The third kappa shape index (κ3) is 7.95. The quantitative estimate of drug-likeness (QED) is 0.180. The van der Waals surface area contributed by atoms with Gasteiger partial charge in [-0.2, -0.15) is 0 Å². The van der Waals surface area contributed by atoms with Gasteiger partial charge in [-0.05, 0) is 33.6 Å². The number of ether oxygens (including phenoxy) is 2. The van der Waals surface area contributed by atoms with Crippen LogP contribution < -0.4 is 5.32 Å². The number of aliphatic hydroxyl groups excluding tert-OH is 1. The van der Waals surface area contributed by atoms with Gasteiger partial charge in [0.05, 0.1) is 11.5 Å². The average Bonchev–Trinajstić information content (AvgIpc) is 2.78. The molecule has 0 aromatic heterocycles. The molecule has 1 aromatic carbocycles. The van der Waals surface area contributed by atoms with Crippen molar-refractivity contribution in [2.24, 2.45) is 11.3 Å². The van der Waals surface area contributed by atoms with E-state index in [9.17, 15) is 24.3 Å². The number of amides is 2. The molecule has 1 aliphatic heterocycles. The van der Waals surface area contributed by atoms with Gasteiger partial charge >= 0.3 is 12.1 Å². The molecular formula is C24H33N3O7. The van der Waals surface area contributed by atoms with E-state index in [0.29, 0.717) is 37.1 Å². The van der Waals surface area contributed by atoms with E-state index in [1.54, 1.807) is 32.6 Å². The number of likely N-dealkylation sites (tertiary alicyclic amines) is 1. The number of ketones is 1. The summed E-state index contributed by atoms with van der Waals surface area (Å²) in [5, 5.41) is 19.8. The number of hydrogen-bond donors (Lipinski definition) is 3. The minimum Gasteiger partial charge on any atom is -0.427 e. The zero-order valence-electron chi connectivity index (χ0n) is 20.1. The molecule has 0 bridgehead atoms. The molecule has 1 unspecified atom stereocenters. The number of piperidine rings is 1. The summed E-state index contributed by atoms with van der Waals surface area (Å²) >= 11 is 0. The van der Waals surface area contributed by atoms with Crippen molar-refractivity contribution in [3.63, 3.8) is 0 Å². The lowest BCUT2D eigenvalue weighted by Crippen LogP contribution is -2.42. The second-order valence-electron chi connectivity index (χ2n) is 9.39. The summed E-state index contributed by atoms with van der Waals surface area (Å²) in [5.41, 5.74) is 0.00611. The van der Waals surface area contributed by atoms with E-state index in [1.807, 2.05) is 0 Å². The number of hydrogen-bond acceptors (Lipinski definition) is 8. The van der Waals surface area contributed by atoms with E-state index in [-0.39, 0.29) is 30.1 Å². The summed E-state index contributed by atoms with van der Waals surface area (Å²) in [6.45, 7) is 7.12. The number of Topliss-reactive ketones (excluding diaryl/α,β-unsaturated/α-hetero) is 1. The highest BCUT2D eigenvalue weighted by Crippen LogP contribution is 2.18. The maximum Gasteiger partial charge on any atom is 0.415 e. The first-order chi connectivity index (χ1) is 15.9. The Hall–Kier alpha value is -3.27. The van der Waals surface area contributed by atoms with Crippen LogP contribution in [0, 0.1) is 16.7 Å². The molecule has 0 aliphatic carbocycles. The maximum atomic E-state index is 12.6. The smallest absolute Gasteiger partial charge is 0.415 e. The van der Waals surface area contributed by atoms with Gasteiger partial charge in [0.1, 0.15) is 5.84 Å². The number of nitrogens with one attached hydrogen (secondary N) is 2. The second-order valence-corrected chi connectivity index (χ2v) is 9.39. The highest BCUT2D eigenvalue weighted by molar-refractivity contribution is 6.05. The zero-order valence-corrected chi connectivity index (χ0v) is 20.1. The standard InChI is InChI=1S/C24H33N3O7/c1-15(21(30)27-11-9-18(28)10-12-27)13-19(29)16-5-7-17(8-6-16)20(25)26-23(32)34-14-33-22(31)24(2,3)4/h5-8,15,18,28H,9-14H2,1-4H3,(H2,25,26,32). The fourth-order valence-corrected chi connectivity index (χ4v) is 3.27. The lowest BCUT2D eigenvalue weighted by molar-refractivity contribution is -0.161. The third-order valence-corrected chi connectivity index (χ3v) is 5.40. The van der Waals surface area contributed by atoms with E-state index in [4.69, 9.17) is 14.9 Å². The number of carbonyl (C=O) groups excluding carboxylic acids is 4. The first kappa shape index (κ1) is 27.0. The summed E-state index contributed by atoms with van der Waals surface area (Å²) in [7, 11) is 0. The van der Waals surface area contributed by atoms with E-state index in [2.05, 4.69) is 5.32 Å². The van der Waals surface area contributed by atoms with Crippen molar-refractivity contribution >= 4 is 29.6 Å². The highest BCUT2D eigenvalue weighted by atomic mass is 16.7. The van der Waals surface area contributed by atoms with Gasteiger partial charge in [0.15, 0.2) is 5.78 Å². The van der Waals surface area contributed by atoms with Crippen LogP contribution in [-0.2, 0) is 19.1 Å². The summed E-state index contributed by atoms with van der Waals surface area (Å²) in [6.07, 6.45) is -0.190. The molecule has 1 heterocycles. The Bertz CT molecular complexity index is 913. The molecule has 2 rings (SSSR count). The largest absolute Gasteiger partial charge is 0.427 e. The fourth-order valence-electron chi connectivity index (χ4n) is 3.27. The first-order valence-corrected chi connectivity index (χ1v) is 11.2. The van der Waals surface area contributed by atoms with Crippen molar-refractivity contribution in [2.45, 2.75) is 53.1 Å². The Morgan fingerprint density at radius 1 is 1.09 bits per heavy atom. The summed E-state index contributed by atoms with van der Waals surface area (Å²) in [4.78, 5) is 50.3. The Balaban J connectivity index is 1.82. The monoisotopic (exact) mass is 475 g/mol. The summed E-state index contributed by atoms with van der Waals surface area (Å²) in [6, 6.07) is 6.07. The molecule has 1 atom stereocenters. The molecule has 3 N–H and O–H groups in total. The van der Waals surface area contributed by atoms with Crippen molar-refractivity contribution in [1.82, 2.24) is 10.2 Å². The van der Waals surface area contributed by atoms with Crippen molar-refractivity contribution in [3.8, 4) is 0 Å². The summed E-state index contributed by atoms with van der Waals surface area (Å²) in [5.74, 6) is -1.56. The molecule has 1 saturated heterocycles. The Labute approximate surface area is 199 Å². The topological polar surface area (TPSA) is 146 Å². The van der Waals surface area contributed by atoms with Gasteiger partial charge in [-0.1, -0.05) is 31.2 Å². The van der Waals surface area contributed by atoms with Crippen LogP contribution in [0.25, 0.3) is 0 Å². The lowest BCUT2D eigenvalue weighted by Gasteiger charge is -2.31.